The molecule has 1 atom stereocenters. The quantitative estimate of drug-likeness (QED) is 0.438. The minimum Gasteiger partial charge on any atom is -0.353 e. The summed E-state index contributed by atoms with van der Waals surface area (Å²) >= 11 is 5.96. The summed E-state index contributed by atoms with van der Waals surface area (Å²) in [7, 11) is 0. The van der Waals surface area contributed by atoms with Gasteiger partial charge in [-0.1, -0.05) is 42.8 Å². The first-order valence-corrected chi connectivity index (χ1v) is 9.49. The molecule has 4 nitrogen and oxygen atoms in total. The number of hydrogen-bond donors (Lipinski definition) is 2. The minimum absolute atomic E-state index is 0.382. The summed E-state index contributed by atoms with van der Waals surface area (Å²) in [6, 6.07) is 18.5. The van der Waals surface area contributed by atoms with Gasteiger partial charge in [-0.3, -0.25) is 4.98 Å². The lowest BCUT2D eigenvalue weighted by atomic mass is 10.1. The molecule has 136 valence electrons. The number of nitrogens with zero attached hydrogens (tertiary/aromatic N) is 2. The van der Waals surface area contributed by atoms with Crippen LogP contribution in [0, 0.1) is 0 Å². The van der Waals surface area contributed by atoms with Crippen molar-refractivity contribution in [2.75, 3.05) is 5.32 Å². The highest BCUT2D eigenvalue weighted by molar-refractivity contribution is 6.30. The van der Waals surface area contributed by atoms with Gasteiger partial charge in [-0.15, -0.1) is 0 Å². The maximum atomic E-state index is 5.96. The van der Waals surface area contributed by atoms with Crippen molar-refractivity contribution < 1.29 is 0 Å². The first-order valence-electron chi connectivity index (χ1n) is 9.11. The molecule has 0 radical (unpaired) electrons. The Morgan fingerprint density at radius 2 is 1.74 bits per heavy atom. The monoisotopic (exact) mass is 376 g/mol. The fourth-order valence-electron chi connectivity index (χ4n) is 2.95. The molecule has 2 aromatic heterocycles. The van der Waals surface area contributed by atoms with Crippen LogP contribution in [0.15, 0.2) is 60.8 Å². The largest absolute Gasteiger partial charge is 0.353 e. The van der Waals surface area contributed by atoms with Crippen LogP contribution < -0.4 is 5.32 Å². The fraction of sp³-hybridized carbons (Fsp3) is 0.182. The first kappa shape index (κ1) is 17.6. The van der Waals surface area contributed by atoms with E-state index in [9.17, 15) is 0 Å². The van der Waals surface area contributed by atoms with Crippen LogP contribution in [0.3, 0.4) is 0 Å². The summed E-state index contributed by atoms with van der Waals surface area (Å²) in [5.41, 5.74) is 6.11. The van der Waals surface area contributed by atoms with Crippen molar-refractivity contribution in [3.63, 3.8) is 0 Å². The molecule has 0 fully saturated rings. The van der Waals surface area contributed by atoms with E-state index in [1.54, 1.807) is 0 Å². The predicted octanol–water partition coefficient (Wildman–Crippen LogP) is 6.16. The third kappa shape index (κ3) is 3.81. The third-order valence-electron chi connectivity index (χ3n) is 4.71. The van der Waals surface area contributed by atoms with E-state index in [4.69, 9.17) is 11.6 Å². The Kier molecular flexibility index (Phi) is 4.82. The molecule has 4 aromatic rings. The zero-order valence-corrected chi connectivity index (χ0v) is 16.1. The summed E-state index contributed by atoms with van der Waals surface area (Å²) < 4.78 is 0. The summed E-state index contributed by atoms with van der Waals surface area (Å²) in [5, 5.41) is 4.11. The van der Waals surface area contributed by atoms with Crippen molar-refractivity contribution >= 4 is 28.6 Å². The van der Waals surface area contributed by atoms with Crippen LogP contribution >= 0.6 is 11.6 Å². The van der Waals surface area contributed by atoms with Crippen LogP contribution in [0.4, 0.5) is 5.95 Å². The van der Waals surface area contributed by atoms with Crippen molar-refractivity contribution in [1.29, 1.82) is 0 Å². The molecule has 0 aliphatic carbocycles. The molecule has 1 unspecified atom stereocenters. The maximum absolute atomic E-state index is 5.96. The Balaban J connectivity index is 1.60. The van der Waals surface area contributed by atoms with E-state index in [0.29, 0.717) is 6.04 Å². The van der Waals surface area contributed by atoms with Gasteiger partial charge >= 0.3 is 0 Å². The Labute approximate surface area is 163 Å². The lowest BCUT2D eigenvalue weighted by molar-refractivity contribution is 0.756. The van der Waals surface area contributed by atoms with E-state index in [1.807, 2.05) is 42.6 Å². The minimum atomic E-state index is 0.382. The zero-order chi connectivity index (χ0) is 18.8. The molecule has 27 heavy (non-hydrogen) atoms. The van der Waals surface area contributed by atoms with E-state index < -0.39 is 0 Å². The van der Waals surface area contributed by atoms with Crippen LogP contribution in [0.1, 0.15) is 20.3 Å². The number of nitrogens with one attached hydrogen (secondary N) is 2. The molecule has 4 rings (SSSR count). The second kappa shape index (κ2) is 7.41. The summed E-state index contributed by atoms with van der Waals surface area (Å²) in [4.78, 5) is 12.6. The van der Waals surface area contributed by atoms with Gasteiger partial charge in [0.15, 0.2) is 0 Å². The molecule has 0 saturated heterocycles. The predicted molar refractivity (Wildman–Crippen MR) is 113 cm³/mol. The first-order chi connectivity index (χ1) is 13.1. The van der Waals surface area contributed by atoms with Gasteiger partial charge in [0.1, 0.15) is 0 Å². The maximum Gasteiger partial charge on any atom is 0.201 e. The molecule has 0 spiro atoms. The lowest BCUT2D eigenvalue weighted by Gasteiger charge is -2.08. The number of anilines is 1. The normalized spacial score (nSPS) is 12.3. The van der Waals surface area contributed by atoms with Gasteiger partial charge in [0, 0.05) is 28.4 Å². The van der Waals surface area contributed by atoms with Crippen molar-refractivity contribution in [2.24, 2.45) is 0 Å². The van der Waals surface area contributed by atoms with Crippen molar-refractivity contribution in [3.8, 4) is 22.4 Å². The summed E-state index contributed by atoms with van der Waals surface area (Å²) in [6.07, 6.45) is 2.94. The topological polar surface area (TPSA) is 53.6 Å². The number of rotatable bonds is 5. The van der Waals surface area contributed by atoms with Crippen LogP contribution in [0.2, 0.25) is 5.02 Å². The Morgan fingerprint density at radius 3 is 2.44 bits per heavy atom. The van der Waals surface area contributed by atoms with Gasteiger partial charge in [0.25, 0.3) is 0 Å². The molecule has 0 aliphatic heterocycles. The van der Waals surface area contributed by atoms with Gasteiger partial charge in [0.05, 0.1) is 16.7 Å². The molecule has 5 heteroatoms. The number of pyridine rings is 1. The molecular formula is C22H21ClN4. The van der Waals surface area contributed by atoms with E-state index >= 15 is 0 Å². The second-order valence-corrected chi connectivity index (χ2v) is 7.15. The number of aromatic amines is 1. The van der Waals surface area contributed by atoms with Gasteiger partial charge in [-0.05, 0) is 49.2 Å². The van der Waals surface area contributed by atoms with Crippen LogP contribution in [-0.2, 0) is 0 Å². The van der Waals surface area contributed by atoms with Gasteiger partial charge in [-0.2, -0.15) is 0 Å². The highest BCUT2D eigenvalue weighted by Crippen LogP contribution is 2.26. The number of halogens is 1. The van der Waals surface area contributed by atoms with E-state index in [2.05, 4.69) is 52.3 Å². The fourth-order valence-corrected chi connectivity index (χ4v) is 3.08. The van der Waals surface area contributed by atoms with Crippen molar-refractivity contribution in [1.82, 2.24) is 15.0 Å². The lowest BCUT2D eigenvalue weighted by Crippen LogP contribution is -2.14. The van der Waals surface area contributed by atoms with E-state index in [1.165, 1.54) is 0 Å². The SMILES string of the molecule is CCC(C)Nc1nc2ccc(-c3ccc(-c4ccc(Cl)cc4)cn3)cc2[nH]1. The summed E-state index contributed by atoms with van der Waals surface area (Å²) in [5.74, 6) is 0.808. The number of fused-ring (bicyclic) bond motifs is 1. The summed E-state index contributed by atoms with van der Waals surface area (Å²) in [6.45, 7) is 4.29. The molecule has 2 heterocycles. The van der Waals surface area contributed by atoms with E-state index in [-0.39, 0.29) is 0 Å². The average Bonchev–Trinajstić information content (AvgIpc) is 3.10. The molecular weight excluding hydrogens is 356 g/mol. The number of aromatic nitrogens is 3. The molecule has 0 aliphatic rings. The van der Waals surface area contributed by atoms with Gasteiger partial charge in [-0.25, -0.2) is 4.98 Å². The highest BCUT2D eigenvalue weighted by atomic mass is 35.5. The van der Waals surface area contributed by atoms with Crippen LogP contribution in [0.5, 0.6) is 0 Å². The Hall–Kier alpha value is -2.85. The zero-order valence-electron chi connectivity index (χ0n) is 15.3. The Bertz CT molecular complexity index is 1050. The molecule has 2 aromatic carbocycles. The van der Waals surface area contributed by atoms with Gasteiger partial charge in [0.2, 0.25) is 5.95 Å². The van der Waals surface area contributed by atoms with Crippen molar-refractivity contribution in [2.45, 2.75) is 26.3 Å². The number of H-pyrrole nitrogens is 1. The smallest absolute Gasteiger partial charge is 0.201 e. The number of hydrogen-bond acceptors (Lipinski definition) is 3. The molecule has 0 saturated carbocycles. The van der Waals surface area contributed by atoms with Crippen LogP contribution in [-0.4, -0.2) is 21.0 Å². The molecule has 0 amide bonds. The Morgan fingerprint density at radius 1 is 1.00 bits per heavy atom. The number of imidazole rings is 1. The standard InChI is InChI=1S/C22H21ClN4/c1-3-14(2)25-22-26-20-11-6-16(12-21(20)27-22)19-10-7-17(13-24-19)15-4-8-18(23)9-5-15/h4-14H,3H2,1-2H3,(H2,25,26,27). The molecule has 2 N–H and O–H groups in total. The van der Waals surface area contributed by atoms with Gasteiger partial charge < -0.3 is 10.3 Å². The van der Waals surface area contributed by atoms with Crippen molar-refractivity contribution in [3.05, 3.63) is 65.8 Å². The highest BCUT2D eigenvalue weighted by Gasteiger charge is 2.08. The third-order valence-corrected chi connectivity index (χ3v) is 4.97. The van der Waals surface area contributed by atoms with E-state index in [0.717, 1.165) is 50.8 Å². The average molecular weight is 377 g/mol. The second-order valence-electron chi connectivity index (χ2n) is 6.71. The number of benzene rings is 2. The van der Waals surface area contributed by atoms with Crippen LogP contribution in [0.25, 0.3) is 33.4 Å². The molecule has 0 bridgehead atoms.